The van der Waals surface area contributed by atoms with Crippen LogP contribution >= 0.6 is 0 Å². The summed E-state index contributed by atoms with van der Waals surface area (Å²) in [5.74, 6) is 1.89. The summed E-state index contributed by atoms with van der Waals surface area (Å²) >= 11 is 0. The maximum atomic E-state index is 5.81. The molecule has 0 aliphatic heterocycles. The minimum Gasteiger partial charge on any atom is -0.455 e. The van der Waals surface area contributed by atoms with Crippen LogP contribution in [0.4, 0.5) is 5.95 Å². The molecule has 0 fully saturated rings. The van der Waals surface area contributed by atoms with E-state index in [0.29, 0.717) is 18.2 Å². The van der Waals surface area contributed by atoms with Crippen molar-refractivity contribution in [3.05, 3.63) is 54.4 Å². The van der Waals surface area contributed by atoms with Gasteiger partial charge < -0.3 is 10.1 Å². The molecule has 2 N–H and O–H groups in total. The monoisotopic (exact) mass is 268 g/mol. The molecule has 0 saturated carbocycles. The highest BCUT2D eigenvalue weighted by Gasteiger charge is 2.06. The maximum Gasteiger partial charge on any atom is 0.263 e. The second-order valence-corrected chi connectivity index (χ2v) is 3.99. The van der Waals surface area contributed by atoms with Crippen molar-refractivity contribution < 1.29 is 4.74 Å². The Morgan fingerprint density at radius 1 is 1.15 bits per heavy atom. The fourth-order valence-corrected chi connectivity index (χ4v) is 1.67. The number of rotatable bonds is 5. The molecule has 2 heterocycles. The van der Waals surface area contributed by atoms with E-state index in [1.807, 2.05) is 36.4 Å². The number of nitrogens with zero attached hydrogens (tertiary/aromatic N) is 4. The number of para-hydroxylation sites is 1. The second-order valence-electron chi connectivity index (χ2n) is 3.99. The molecule has 0 aliphatic carbocycles. The van der Waals surface area contributed by atoms with Crippen LogP contribution in [0.25, 0.3) is 0 Å². The Hall–Kier alpha value is -2.96. The van der Waals surface area contributed by atoms with Gasteiger partial charge in [-0.3, -0.25) is 4.98 Å². The van der Waals surface area contributed by atoms with Crippen molar-refractivity contribution in [3.8, 4) is 11.5 Å². The number of H-pyrrole nitrogens is 1. The van der Waals surface area contributed by atoms with Crippen molar-refractivity contribution in [1.82, 2.24) is 25.6 Å². The third-order valence-corrected chi connectivity index (χ3v) is 2.62. The molecule has 100 valence electrons. The molecule has 0 bridgehead atoms. The molecule has 0 aliphatic rings. The van der Waals surface area contributed by atoms with Gasteiger partial charge in [0.1, 0.15) is 5.75 Å². The number of anilines is 1. The first-order valence-corrected chi connectivity index (χ1v) is 6.05. The Bertz CT molecular complexity index is 656. The van der Waals surface area contributed by atoms with Crippen LogP contribution in [0, 0.1) is 0 Å². The number of ether oxygens (including phenoxy) is 1. The van der Waals surface area contributed by atoms with Gasteiger partial charge in [-0.15, -0.1) is 5.10 Å². The smallest absolute Gasteiger partial charge is 0.263 e. The van der Waals surface area contributed by atoms with Crippen molar-refractivity contribution in [2.24, 2.45) is 0 Å². The highest BCUT2D eigenvalue weighted by Crippen LogP contribution is 2.24. The Morgan fingerprint density at radius 3 is 2.85 bits per heavy atom. The highest BCUT2D eigenvalue weighted by atomic mass is 16.5. The standard InChI is InChI=1S/C13H12N6O/c1-2-4-11(5-3-1)20-12-9-14-7-6-10(12)8-15-13-16-18-19-17-13/h1-7,9H,8H2,(H2,15,16,17,18,19). The summed E-state index contributed by atoms with van der Waals surface area (Å²) in [6, 6.07) is 11.4. The Balaban J connectivity index is 1.74. The second kappa shape index (κ2) is 5.79. The molecular formula is C13H12N6O. The molecule has 3 rings (SSSR count). The first-order valence-electron chi connectivity index (χ1n) is 6.05. The number of nitrogens with one attached hydrogen (secondary N) is 2. The van der Waals surface area contributed by atoms with E-state index >= 15 is 0 Å². The van der Waals surface area contributed by atoms with Gasteiger partial charge >= 0.3 is 0 Å². The molecule has 3 aromatic rings. The molecule has 0 radical (unpaired) electrons. The average Bonchev–Trinajstić information content (AvgIpc) is 3.01. The number of hydrogen-bond donors (Lipinski definition) is 2. The maximum absolute atomic E-state index is 5.81. The Morgan fingerprint density at radius 2 is 2.05 bits per heavy atom. The van der Waals surface area contributed by atoms with E-state index in [0.717, 1.165) is 11.3 Å². The van der Waals surface area contributed by atoms with E-state index < -0.39 is 0 Å². The normalized spacial score (nSPS) is 10.2. The summed E-state index contributed by atoms with van der Waals surface area (Å²) in [6.45, 7) is 0.518. The van der Waals surface area contributed by atoms with Crippen LogP contribution in [0.5, 0.6) is 11.5 Å². The van der Waals surface area contributed by atoms with E-state index in [9.17, 15) is 0 Å². The fraction of sp³-hybridized carbons (Fsp3) is 0.0769. The lowest BCUT2D eigenvalue weighted by Gasteiger charge is -2.10. The summed E-state index contributed by atoms with van der Waals surface area (Å²) in [7, 11) is 0. The molecule has 7 nitrogen and oxygen atoms in total. The minimum absolute atomic E-state index is 0.437. The van der Waals surface area contributed by atoms with Gasteiger partial charge in [-0.2, -0.15) is 5.21 Å². The van der Waals surface area contributed by atoms with Gasteiger partial charge in [-0.25, -0.2) is 0 Å². The molecule has 0 amide bonds. The average molecular weight is 268 g/mol. The third kappa shape index (κ3) is 2.89. The molecule has 0 unspecified atom stereocenters. The van der Waals surface area contributed by atoms with Crippen molar-refractivity contribution in [3.63, 3.8) is 0 Å². The van der Waals surface area contributed by atoms with E-state index in [1.165, 1.54) is 0 Å². The lowest BCUT2D eigenvalue weighted by Crippen LogP contribution is -2.03. The van der Waals surface area contributed by atoms with E-state index in [-0.39, 0.29) is 0 Å². The van der Waals surface area contributed by atoms with Crippen molar-refractivity contribution >= 4 is 5.95 Å². The summed E-state index contributed by atoms with van der Waals surface area (Å²) in [5.41, 5.74) is 0.952. The van der Waals surface area contributed by atoms with E-state index in [2.05, 4.69) is 30.9 Å². The fourth-order valence-electron chi connectivity index (χ4n) is 1.67. The predicted octanol–water partition coefficient (Wildman–Crippen LogP) is 2.00. The molecule has 2 aromatic heterocycles. The zero-order valence-corrected chi connectivity index (χ0v) is 10.5. The number of aromatic amines is 1. The Kier molecular flexibility index (Phi) is 3.50. The number of tetrazole rings is 1. The SMILES string of the molecule is c1ccc(Oc2cnccc2CNc2nn[nH]n2)cc1. The summed E-state index contributed by atoms with van der Waals surface area (Å²) in [6.07, 6.45) is 3.39. The van der Waals surface area contributed by atoms with Gasteiger partial charge in [0.25, 0.3) is 5.95 Å². The van der Waals surface area contributed by atoms with Crippen molar-refractivity contribution in [2.75, 3.05) is 5.32 Å². The van der Waals surface area contributed by atoms with Crippen LogP contribution in [-0.4, -0.2) is 25.6 Å². The minimum atomic E-state index is 0.437. The lowest BCUT2D eigenvalue weighted by molar-refractivity contribution is 0.474. The topological polar surface area (TPSA) is 88.6 Å². The molecule has 0 saturated heterocycles. The van der Waals surface area contributed by atoms with Gasteiger partial charge in [0.2, 0.25) is 0 Å². The van der Waals surface area contributed by atoms with Crippen LogP contribution < -0.4 is 10.1 Å². The number of pyridine rings is 1. The van der Waals surface area contributed by atoms with Gasteiger partial charge in [-0.1, -0.05) is 23.3 Å². The van der Waals surface area contributed by atoms with Gasteiger partial charge in [0.15, 0.2) is 5.75 Å². The summed E-state index contributed by atoms with van der Waals surface area (Å²) < 4.78 is 5.81. The first kappa shape index (κ1) is 12.1. The third-order valence-electron chi connectivity index (χ3n) is 2.62. The number of aromatic nitrogens is 5. The zero-order chi connectivity index (χ0) is 13.6. The highest BCUT2D eigenvalue weighted by molar-refractivity contribution is 5.37. The molecule has 20 heavy (non-hydrogen) atoms. The summed E-state index contributed by atoms with van der Waals surface area (Å²) in [4.78, 5) is 4.08. The Labute approximate surface area is 115 Å². The van der Waals surface area contributed by atoms with Crippen LogP contribution in [0.15, 0.2) is 48.8 Å². The zero-order valence-electron chi connectivity index (χ0n) is 10.5. The molecular weight excluding hydrogens is 256 g/mol. The molecule has 1 aromatic carbocycles. The van der Waals surface area contributed by atoms with E-state index in [4.69, 9.17) is 4.74 Å². The first-order chi connectivity index (χ1) is 9.92. The number of benzene rings is 1. The molecule has 0 spiro atoms. The van der Waals surface area contributed by atoms with Crippen molar-refractivity contribution in [1.29, 1.82) is 0 Å². The van der Waals surface area contributed by atoms with Crippen LogP contribution in [-0.2, 0) is 6.54 Å². The van der Waals surface area contributed by atoms with E-state index in [1.54, 1.807) is 12.4 Å². The van der Waals surface area contributed by atoms with Gasteiger partial charge in [0.05, 0.1) is 6.20 Å². The van der Waals surface area contributed by atoms with Crippen LogP contribution in [0.1, 0.15) is 5.56 Å². The predicted molar refractivity (Wildman–Crippen MR) is 72.3 cm³/mol. The lowest BCUT2D eigenvalue weighted by atomic mass is 10.2. The largest absolute Gasteiger partial charge is 0.455 e. The van der Waals surface area contributed by atoms with Gasteiger partial charge in [0, 0.05) is 18.3 Å². The summed E-state index contributed by atoms with van der Waals surface area (Å²) in [5, 5.41) is 16.6. The van der Waals surface area contributed by atoms with Crippen molar-refractivity contribution in [2.45, 2.75) is 6.54 Å². The quantitative estimate of drug-likeness (QED) is 0.735. The van der Waals surface area contributed by atoms with Crippen LogP contribution in [0.2, 0.25) is 0 Å². The molecule has 0 atom stereocenters. The van der Waals surface area contributed by atoms with Gasteiger partial charge in [-0.05, 0) is 23.4 Å². The van der Waals surface area contributed by atoms with Crippen LogP contribution in [0.3, 0.4) is 0 Å². The molecule has 7 heteroatoms. The number of hydrogen-bond acceptors (Lipinski definition) is 6.